The Morgan fingerprint density at radius 1 is 1.26 bits per heavy atom. The molecule has 0 bridgehead atoms. The molecule has 1 fully saturated rings. The number of hydrogen-bond donors (Lipinski definition) is 0. The Balaban J connectivity index is 1.72. The largest absolute Gasteiger partial charge is 0.497 e. The molecule has 0 atom stereocenters. The first-order valence-electron chi connectivity index (χ1n) is 9.77. The van der Waals surface area contributed by atoms with E-state index in [0.717, 1.165) is 43.9 Å². The topological polar surface area (TPSA) is 32.8 Å². The second-order valence-electron chi connectivity index (χ2n) is 7.65. The molecule has 0 N–H and O–H groups in total. The molecule has 1 saturated heterocycles. The van der Waals surface area contributed by atoms with Gasteiger partial charge in [-0.05, 0) is 42.3 Å². The highest BCUT2D eigenvalue weighted by atomic mass is 32.1. The number of benzene rings is 1. The van der Waals surface area contributed by atoms with Gasteiger partial charge in [0.2, 0.25) is 5.91 Å². The van der Waals surface area contributed by atoms with E-state index in [4.69, 9.17) is 4.74 Å². The van der Waals surface area contributed by atoms with E-state index in [2.05, 4.69) is 36.3 Å². The minimum absolute atomic E-state index is 0.218. The zero-order valence-electron chi connectivity index (χ0n) is 16.6. The van der Waals surface area contributed by atoms with Crippen molar-refractivity contribution < 1.29 is 9.53 Å². The van der Waals surface area contributed by atoms with Gasteiger partial charge in [0.05, 0.1) is 7.11 Å². The standard InChI is InChI=1S/C22H30N2O2S/c1-17(2)14-22(25)24(19-6-4-7-20(15-19)26-3)18-9-11-23(12-10-18)16-21-8-5-13-27-21/h4-8,13,15,17-18H,9-12,14,16H2,1-3H3. The number of methoxy groups -OCH3 is 1. The van der Waals surface area contributed by atoms with E-state index in [0.29, 0.717) is 12.3 Å². The summed E-state index contributed by atoms with van der Waals surface area (Å²) in [5.74, 6) is 1.37. The third kappa shape index (κ3) is 5.33. The van der Waals surface area contributed by atoms with Crippen molar-refractivity contribution in [2.45, 2.75) is 45.7 Å². The van der Waals surface area contributed by atoms with Crippen molar-refractivity contribution in [3.63, 3.8) is 0 Å². The predicted octanol–water partition coefficient (Wildman–Crippen LogP) is 4.80. The number of hydrogen-bond acceptors (Lipinski definition) is 4. The molecule has 1 aliphatic rings. The lowest BCUT2D eigenvalue weighted by Crippen LogP contribution is -2.47. The molecule has 4 nitrogen and oxygen atoms in total. The van der Waals surface area contributed by atoms with E-state index >= 15 is 0 Å². The van der Waals surface area contributed by atoms with E-state index in [1.165, 1.54) is 4.88 Å². The quantitative estimate of drug-likeness (QED) is 0.685. The molecule has 0 saturated carbocycles. The average Bonchev–Trinajstić information content (AvgIpc) is 3.16. The van der Waals surface area contributed by atoms with Gasteiger partial charge in [-0.2, -0.15) is 0 Å². The van der Waals surface area contributed by atoms with Gasteiger partial charge in [-0.1, -0.05) is 26.0 Å². The first-order valence-corrected chi connectivity index (χ1v) is 10.7. The summed E-state index contributed by atoms with van der Waals surface area (Å²) in [6.45, 7) is 7.27. The lowest BCUT2D eigenvalue weighted by Gasteiger charge is -2.39. The minimum Gasteiger partial charge on any atom is -0.497 e. The molecule has 0 radical (unpaired) electrons. The number of amides is 1. The van der Waals surface area contributed by atoms with Crippen LogP contribution >= 0.6 is 11.3 Å². The normalized spacial score (nSPS) is 15.9. The third-order valence-electron chi connectivity index (χ3n) is 5.06. The van der Waals surface area contributed by atoms with Crippen molar-refractivity contribution in [3.8, 4) is 5.75 Å². The van der Waals surface area contributed by atoms with E-state index in [1.54, 1.807) is 7.11 Å². The van der Waals surface area contributed by atoms with Crippen molar-refractivity contribution >= 4 is 22.9 Å². The van der Waals surface area contributed by atoms with Crippen LogP contribution in [0.1, 0.15) is 38.0 Å². The van der Waals surface area contributed by atoms with Crippen molar-refractivity contribution in [2.75, 3.05) is 25.1 Å². The molecule has 1 aliphatic heterocycles. The number of rotatable bonds is 7. The molecule has 1 amide bonds. The van der Waals surface area contributed by atoms with Gasteiger partial charge in [0.1, 0.15) is 5.75 Å². The van der Waals surface area contributed by atoms with Crippen LogP contribution in [-0.2, 0) is 11.3 Å². The molecule has 0 aliphatic carbocycles. The zero-order chi connectivity index (χ0) is 19.2. The summed E-state index contributed by atoms with van der Waals surface area (Å²) < 4.78 is 5.38. The molecule has 0 unspecified atom stereocenters. The third-order valence-corrected chi connectivity index (χ3v) is 5.93. The lowest BCUT2D eigenvalue weighted by atomic mass is 10.00. The SMILES string of the molecule is COc1cccc(N(C(=O)CC(C)C)C2CCN(Cc3cccs3)CC2)c1. The van der Waals surface area contributed by atoms with Crippen molar-refractivity contribution in [1.29, 1.82) is 0 Å². The maximum Gasteiger partial charge on any atom is 0.227 e. The Bertz CT molecular complexity index is 722. The van der Waals surface area contributed by atoms with Gasteiger partial charge in [-0.3, -0.25) is 9.69 Å². The summed E-state index contributed by atoms with van der Waals surface area (Å²) in [6, 6.07) is 12.5. The van der Waals surface area contributed by atoms with Crippen LogP contribution < -0.4 is 9.64 Å². The van der Waals surface area contributed by atoms with Crippen LogP contribution in [-0.4, -0.2) is 37.0 Å². The highest BCUT2D eigenvalue weighted by Gasteiger charge is 2.29. The monoisotopic (exact) mass is 386 g/mol. The number of piperidine rings is 1. The summed E-state index contributed by atoms with van der Waals surface area (Å²) in [4.78, 5) is 19.0. The fourth-order valence-corrected chi connectivity index (χ4v) is 4.47. The molecular formula is C22H30N2O2S. The maximum atomic E-state index is 13.1. The van der Waals surface area contributed by atoms with Gasteiger partial charge >= 0.3 is 0 Å². The number of nitrogens with zero attached hydrogens (tertiary/aromatic N) is 2. The van der Waals surface area contributed by atoms with E-state index < -0.39 is 0 Å². The van der Waals surface area contributed by atoms with Crippen LogP contribution in [0, 0.1) is 5.92 Å². The van der Waals surface area contributed by atoms with Gasteiger partial charge in [-0.25, -0.2) is 0 Å². The molecule has 1 aromatic heterocycles. The highest BCUT2D eigenvalue weighted by Crippen LogP contribution is 2.29. The fourth-order valence-electron chi connectivity index (χ4n) is 3.72. The number of carbonyl (C=O) groups is 1. The summed E-state index contributed by atoms with van der Waals surface area (Å²) in [5.41, 5.74) is 0.955. The summed E-state index contributed by atoms with van der Waals surface area (Å²) in [6.07, 6.45) is 2.59. The van der Waals surface area contributed by atoms with Gasteiger partial charge in [0, 0.05) is 48.7 Å². The average molecular weight is 387 g/mol. The van der Waals surface area contributed by atoms with Crippen molar-refractivity contribution in [1.82, 2.24) is 4.90 Å². The Morgan fingerprint density at radius 3 is 2.67 bits per heavy atom. The Hall–Kier alpha value is -1.85. The second-order valence-corrected chi connectivity index (χ2v) is 8.68. The van der Waals surface area contributed by atoms with Crippen LogP contribution in [0.2, 0.25) is 0 Å². The predicted molar refractivity (Wildman–Crippen MR) is 113 cm³/mol. The molecule has 2 aromatic rings. The van der Waals surface area contributed by atoms with Crippen LogP contribution in [0.15, 0.2) is 41.8 Å². The van der Waals surface area contributed by atoms with E-state index in [9.17, 15) is 4.79 Å². The van der Waals surface area contributed by atoms with Gasteiger partial charge in [0.25, 0.3) is 0 Å². The number of ether oxygens (including phenoxy) is 1. The van der Waals surface area contributed by atoms with E-state index in [-0.39, 0.29) is 11.9 Å². The van der Waals surface area contributed by atoms with E-state index in [1.807, 2.05) is 40.5 Å². The summed E-state index contributed by atoms with van der Waals surface area (Å²) in [7, 11) is 1.67. The van der Waals surface area contributed by atoms with Crippen LogP contribution in [0.5, 0.6) is 5.75 Å². The summed E-state index contributed by atoms with van der Waals surface area (Å²) in [5, 5.41) is 2.14. The number of likely N-dealkylation sites (tertiary alicyclic amines) is 1. The molecule has 27 heavy (non-hydrogen) atoms. The number of anilines is 1. The Labute approximate surface area is 166 Å². The molecule has 0 spiro atoms. The minimum atomic E-state index is 0.218. The molecular weight excluding hydrogens is 356 g/mol. The fraction of sp³-hybridized carbons (Fsp3) is 0.500. The van der Waals surface area contributed by atoms with Crippen molar-refractivity contribution in [2.24, 2.45) is 5.92 Å². The van der Waals surface area contributed by atoms with Crippen LogP contribution in [0.4, 0.5) is 5.69 Å². The molecule has 5 heteroatoms. The first kappa shape index (κ1) is 19.9. The number of carbonyl (C=O) groups excluding carboxylic acids is 1. The van der Waals surface area contributed by atoms with Gasteiger partial charge in [0.15, 0.2) is 0 Å². The second kappa shape index (κ2) is 9.38. The maximum absolute atomic E-state index is 13.1. The van der Waals surface area contributed by atoms with Gasteiger partial charge < -0.3 is 9.64 Å². The van der Waals surface area contributed by atoms with Crippen LogP contribution in [0.3, 0.4) is 0 Å². The highest BCUT2D eigenvalue weighted by molar-refractivity contribution is 7.09. The molecule has 3 rings (SSSR count). The molecule has 2 heterocycles. The first-order chi connectivity index (χ1) is 13.1. The molecule has 146 valence electrons. The zero-order valence-corrected chi connectivity index (χ0v) is 17.4. The van der Waals surface area contributed by atoms with Crippen LogP contribution in [0.25, 0.3) is 0 Å². The summed E-state index contributed by atoms with van der Waals surface area (Å²) >= 11 is 1.82. The lowest BCUT2D eigenvalue weighted by molar-refractivity contribution is -0.120. The molecule has 1 aromatic carbocycles. The number of thiophene rings is 1. The Kier molecular flexibility index (Phi) is 6.91. The van der Waals surface area contributed by atoms with Crippen molar-refractivity contribution in [3.05, 3.63) is 46.7 Å². The smallest absolute Gasteiger partial charge is 0.227 e. The Morgan fingerprint density at radius 2 is 2.04 bits per heavy atom. The van der Waals surface area contributed by atoms with Gasteiger partial charge in [-0.15, -0.1) is 11.3 Å².